The summed E-state index contributed by atoms with van der Waals surface area (Å²) in [5.41, 5.74) is 2.00. The second kappa shape index (κ2) is 7.08. The molecule has 3 rings (SSSR count). The fraction of sp³-hybridized carbons (Fsp3) is 0.333. The van der Waals surface area contributed by atoms with Gasteiger partial charge < -0.3 is 0 Å². The number of likely N-dealkylation sites (tertiary alicyclic amines) is 1. The molecule has 5 heteroatoms. The summed E-state index contributed by atoms with van der Waals surface area (Å²) in [7, 11) is 0. The Morgan fingerprint density at radius 3 is 2.83 bits per heavy atom. The topological polar surface area (TPSA) is 39.9 Å². The van der Waals surface area contributed by atoms with Crippen LogP contribution in [0.4, 0.5) is 4.39 Å². The van der Waals surface area contributed by atoms with Crippen LogP contribution in [-0.2, 0) is 6.54 Å². The van der Waals surface area contributed by atoms with Gasteiger partial charge in [0, 0.05) is 25.2 Å². The van der Waals surface area contributed by atoms with Crippen LogP contribution >= 0.6 is 11.6 Å². The molecule has 0 amide bonds. The zero-order valence-electron chi connectivity index (χ0n) is 12.6. The Hall–Kier alpha value is -1.96. The molecular weight excluding hydrogens is 313 g/mol. The van der Waals surface area contributed by atoms with E-state index in [2.05, 4.69) is 28.1 Å². The summed E-state index contributed by atoms with van der Waals surface area (Å²) >= 11 is 5.64. The summed E-state index contributed by atoms with van der Waals surface area (Å²) in [5, 5.41) is 9.39. The van der Waals surface area contributed by atoms with E-state index in [1.165, 1.54) is 11.6 Å². The molecule has 1 aromatic carbocycles. The molecule has 2 atom stereocenters. The summed E-state index contributed by atoms with van der Waals surface area (Å²) in [6, 6.07) is 14.0. The molecule has 3 nitrogen and oxygen atoms in total. The van der Waals surface area contributed by atoms with Crippen molar-refractivity contribution in [2.24, 2.45) is 5.92 Å². The fourth-order valence-corrected chi connectivity index (χ4v) is 3.28. The quantitative estimate of drug-likeness (QED) is 0.799. The first kappa shape index (κ1) is 15.9. The van der Waals surface area contributed by atoms with Gasteiger partial charge in [-0.05, 0) is 30.2 Å². The van der Waals surface area contributed by atoms with Crippen LogP contribution in [0, 0.1) is 23.1 Å². The lowest BCUT2D eigenvalue weighted by molar-refractivity contribution is 0.172. The average molecular weight is 330 g/mol. The molecule has 1 aliphatic heterocycles. The number of pyridine rings is 1. The Bertz CT molecular complexity index is 714. The molecule has 23 heavy (non-hydrogen) atoms. The molecule has 0 saturated carbocycles. The number of benzene rings is 1. The van der Waals surface area contributed by atoms with E-state index in [0.29, 0.717) is 6.54 Å². The fourth-order valence-electron chi connectivity index (χ4n) is 3.17. The molecule has 118 valence electrons. The monoisotopic (exact) mass is 329 g/mol. The molecule has 1 aliphatic rings. The van der Waals surface area contributed by atoms with Crippen LogP contribution in [0.25, 0.3) is 0 Å². The van der Waals surface area contributed by atoms with Gasteiger partial charge in [-0.15, -0.1) is 0 Å². The van der Waals surface area contributed by atoms with Gasteiger partial charge in [0.15, 0.2) is 11.0 Å². The lowest BCUT2D eigenvalue weighted by atomic mass is 9.82. The summed E-state index contributed by atoms with van der Waals surface area (Å²) in [5.74, 6) is -0.686. The third-order valence-electron chi connectivity index (χ3n) is 4.36. The smallest absolute Gasteiger partial charge is 0.164 e. The number of piperidine rings is 1. The van der Waals surface area contributed by atoms with Crippen LogP contribution in [0.1, 0.15) is 23.5 Å². The highest BCUT2D eigenvalue weighted by atomic mass is 35.5. The van der Waals surface area contributed by atoms with Crippen LogP contribution < -0.4 is 0 Å². The van der Waals surface area contributed by atoms with E-state index < -0.39 is 5.82 Å². The molecule has 2 aromatic rings. The Kier molecular flexibility index (Phi) is 4.90. The van der Waals surface area contributed by atoms with Gasteiger partial charge in [0.25, 0.3) is 0 Å². The molecule has 0 N–H and O–H groups in total. The van der Waals surface area contributed by atoms with Crippen molar-refractivity contribution in [2.45, 2.75) is 18.9 Å². The largest absolute Gasteiger partial charge is 0.298 e. The van der Waals surface area contributed by atoms with E-state index in [1.54, 1.807) is 6.20 Å². The van der Waals surface area contributed by atoms with Gasteiger partial charge in [0.1, 0.15) is 0 Å². The highest BCUT2D eigenvalue weighted by Crippen LogP contribution is 2.33. The van der Waals surface area contributed by atoms with Gasteiger partial charge >= 0.3 is 0 Å². The summed E-state index contributed by atoms with van der Waals surface area (Å²) in [4.78, 5) is 6.15. The standard InChI is InChI=1S/C18H17ClFN3/c19-18-17(20)8-14(10-22-18)16-6-7-23(12-15(16)9-21)11-13-4-2-1-3-5-13/h1-5,8,10,15-16H,6-7,11-12H2. The zero-order valence-corrected chi connectivity index (χ0v) is 13.4. The molecule has 1 fully saturated rings. The van der Waals surface area contributed by atoms with Crippen molar-refractivity contribution >= 4 is 11.6 Å². The number of hydrogen-bond donors (Lipinski definition) is 0. The maximum Gasteiger partial charge on any atom is 0.164 e. The number of hydrogen-bond acceptors (Lipinski definition) is 3. The molecule has 2 heterocycles. The normalized spacial score (nSPS) is 21.8. The SMILES string of the molecule is N#CC1CN(Cc2ccccc2)CCC1c1cnc(Cl)c(F)c1. The van der Waals surface area contributed by atoms with Crippen LogP contribution in [0.2, 0.25) is 5.15 Å². The van der Waals surface area contributed by atoms with Crippen LogP contribution in [-0.4, -0.2) is 23.0 Å². The third-order valence-corrected chi connectivity index (χ3v) is 4.64. The van der Waals surface area contributed by atoms with Gasteiger partial charge in [0.05, 0.1) is 12.0 Å². The molecule has 1 aromatic heterocycles. The van der Waals surface area contributed by atoms with Gasteiger partial charge in [-0.25, -0.2) is 9.37 Å². The summed E-state index contributed by atoms with van der Waals surface area (Å²) < 4.78 is 13.6. The van der Waals surface area contributed by atoms with Crippen molar-refractivity contribution < 1.29 is 4.39 Å². The molecule has 1 saturated heterocycles. The van der Waals surface area contributed by atoms with Crippen LogP contribution in [0.15, 0.2) is 42.6 Å². The summed E-state index contributed by atoms with van der Waals surface area (Å²) in [6.07, 6.45) is 2.40. The lowest BCUT2D eigenvalue weighted by Crippen LogP contribution is -2.38. The molecular formula is C18H17ClFN3. The van der Waals surface area contributed by atoms with Crippen molar-refractivity contribution in [1.82, 2.24) is 9.88 Å². The minimum absolute atomic E-state index is 0.00582. The van der Waals surface area contributed by atoms with Gasteiger partial charge in [-0.3, -0.25) is 4.90 Å². The Balaban J connectivity index is 1.72. The van der Waals surface area contributed by atoms with Gasteiger partial charge in [-0.1, -0.05) is 41.9 Å². The predicted octanol–water partition coefficient (Wildman–Crippen LogP) is 4.00. The first-order chi connectivity index (χ1) is 11.2. The van der Waals surface area contributed by atoms with E-state index in [4.69, 9.17) is 11.6 Å². The highest BCUT2D eigenvalue weighted by Gasteiger charge is 2.31. The van der Waals surface area contributed by atoms with Gasteiger partial charge in [-0.2, -0.15) is 5.26 Å². The van der Waals surface area contributed by atoms with Crippen molar-refractivity contribution in [2.75, 3.05) is 13.1 Å². The van der Waals surface area contributed by atoms with Crippen LogP contribution in [0.5, 0.6) is 0 Å². The minimum Gasteiger partial charge on any atom is -0.298 e. The van der Waals surface area contributed by atoms with E-state index in [9.17, 15) is 9.65 Å². The van der Waals surface area contributed by atoms with E-state index in [0.717, 1.165) is 25.1 Å². The van der Waals surface area contributed by atoms with Crippen molar-refractivity contribution in [3.05, 3.63) is 64.7 Å². The maximum atomic E-state index is 13.6. The number of rotatable bonds is 3. The molecule has 0 aliphatic carbocycles. The predicted molar refractivity (Wildman–Crippen MR) is 87.4 cm³/mol. The molecule has 0 spiro atoms. The van der Waals surface area contributed by atoms with Crippen molar-refractivity contribution in [3.8, 4) is 6.07 Å². The van der Waals surface area contributed by atoms with E-state index in [1.807, 2.05) is 18.2 Å². The lowest BCUT2D eigenvalue weighted by Gasteiger charge is -2.35. The van der Waals surface area contributed by atoms with Crippen LogP contribution in [0.3, 0.4) is 0 Å². The minimum atomic E-state index is -0.521. The van der Waals surface area contributed by atoms with E-state index in [-0.39, 0.29) is 17.0 Å². The third kappa shape index (κ3) is 3.69. The highest BCUT2D eigenvalue weighted by molar-refractivity contribution is 6.29. The van der Waals surface area contributed by atoms with Crippen molar-refractivity contribution in [3.63, 3.8) is 0 Å². The maximum absolute atomic E-state index is 13.6. The number of nitriles is 1. The average Bonchev–Trinajstić information content (AvgIpc) is 2.58. The molecule has 0 bridgehead atoms. The van der Waals surface area contributed by atoms with Gasteiger partial charge in [0.2, 0.25) is 0 Å². The molecule has 0 radical (unpaired) electrons. The first-order valence-electron chi connectivity index (χ1n) is 7.64. The first-order valence-corrected chi connectivity index (χ1v) is 8.02. The Morgan fingerprint density at radius 1 is 1.35 bits per heavy atom. The zero-order chi connectivity index (χ0) is 16.2. The second-order valence-corrected chi connectivity index (χ2v) is 6.25. The Morgan fingerprint density at radius 2 is 2.13 bits per heavy atom. The second-order valence-electron chi connectivity index (χ2n) is 5.89. The van der Waals surface area contributed by atoms with E-state index >= 15 is 0 Å². The summed E-state index contributed by atoms with van der Waals surface area (Å²) in [6.45, 7) is 2.39. The Labute approximate surface area is 140 Å². The number of aromatic nitrogens is 1. The molecule has 2 unspecified atom stereocenters. The number of halogens is 2. The number of nitrogens with zero attached hydrogens (tertiary/aromatic N) is 3. The van der Waals surface area contributed by atoms with Crippen molar-refractivity contribution in [1.29, 1.82) is 5.26 Å².